The Morgan fingerprint density at radius 3 is 2.28 bits per heavy atom. The van der Waals surface area contributed by atoms with Crippen LogP contribution in [0.5, 0.6) is 0 Å². The van der Waals surface area contributed by atoms with Crippen LogP contribution in [-0.4, -0.2) is 30.2 Å². The van der Waals surface area contributed by atoms with Crippen molar-refractivity contribution in [3.8, 4) is 0 Å². The molecule has 1 aliphatic heterocycles. The molecule has 0 radical (unpaired) electrons. The summed E-state index contributed by atoms with van der Waals surface area (Å²) in [4.78, 5) is 51.8. The van der Waals surface area contributed by atoms with Gasteiger partial charge in [-0.15, -0.1) is 0 Å². The van der Waals surface area contributed by atoms with Crippen molar-refractivity contribution in [2.75, 3.05) is 11.5 Å². The number of carbonyl (C=O) groups excluding carboxylic acids is 4. The Morgan fingerprint density at radius 2 is 1.59 bits per heavy atom. The average Bonchev–Trinajstić information content (AvgIpc) is 3.42. The third-order valence-electron chi connectivity index (χ3n) is 6.74. The van der Waals surface area contributed by atoms with Crippen molar-refractivity contribution < 1.29 is 23.9 Å². The molecular weight excluding hydrogens is 474 g/mol. The van der Waals surface area contributed by atoms with Crippen LogP contribution in [0.3, 0.4) is 0 Å². The van der Waals surface area contributed by atoms with E-state index in [0.29, 0.717) is 11.3 Å². The summed E-state index contributed by atoms with van der Waals surface area (Å²) in [7, 11) is 0. The van der Waals surface area contributed by atoms with E-state index in [2.05, 4.69) is 22.0 Å². The predicted octanol–water partition coefficient (Wildman–Crippen LogP) is 4.19. The molecule has 4 atom stereocenters. The van der Waals surface area contributed by atoms with Crippen LogP contribution >= 0.6 is 15.9 Å². The smallest absolute Gasteiger partial charge is 0.338 e. The number of rotatable bonds is 5. The van der Waals surface area contributed by atoms with Gasteiger partial charge in [-0.05, 0) is 61.6 Å². The van der Waals surface area contributed by atoms with Gasteiger partial charge in [-0.25, -0.2) is 4.79 Å². The summed E-state index contributed by atoms with van der Waals surface area (Å²) >= 11 is 3.31. The molecule has 0 N–H and O–H groups in total. The van der Waals surface area contributed by atoms with Crippen LogP contribution in [0.1, 0.15) is 34.1 Å². The van der Waals surface area contributed by atoms with E-state index in [9.17, 15) is 19.2 Å². The zero-order valence-electron chi connectivity index (χ0n) is 17.3. The fourth-order valence-electron chi connectivity index (χ4n) is 5.21. The SMILES string of the molecule is CC1=C[C@H]2C[C@H]1[C@H]1C(=O)N(c3ccc(C(=O)OCC(=O)c4ccc(Br)cc4)cc3)C(=O)[C@@H]12. The number of Topliss-reactive ketones (excluding diaryl/α,β-unsaturated/α-hetero) is 1. The van der Waals surface area contributed by atoms with E-state index >= 15 is 0 Å². The molecule has 6 nitrogen and oxygen atoms in total. The van der Waals surface area contributed by atoms with Crippen molar-refractivity contribution in [1.82, 2.24) is 0 Å². The lowest BCUT2D eigenvalue weighted by atomic mass is 9.82. The zero-order chi connectivity index (χ0) is 22.6. The summed E-state index contributed by atoms with van der Waals surface area (Å²) in [5.41, 5.74) is 2.35. The summed E-state index contributed by atoms with van der Waals surface area (Å²) < 4.78 is 5.99. The second-order valence-corrected chi connectivity index (χ2v) is 9.45. The van der Waals surface area contributed by atoms with Gasteiger partial charge >= 0.3 is 5.97 Å². The van der Waals surface area contributed by atoms with Crippen molar-refractivity contribution in [2.24, 2.45) is 23.7 Å². The molecule has 32 heavy (non-hydrogen) atoms. The van der Waals surface area contributed by atoms with Crippen LogP contribution in [0.4, 0.5) is 5.69 Å². The standard InChI is InChI=1S/C25H20BrNO5/c1-13-10-16-11-19(13)22-21(16)23(29)27(24(22)30)18-8-4-15(5-9-18)25(31)32-12-20(28)14-2-6-17(26)7-3-14/h2-10,16,19,21-22H,11-12H2,1H3/t16-,19+,21+,22+/m0/s1. The van der Waals surface area contributed by atoms with Gasteiger partial charge in [-0.2, -0.15) is 0 Å². The molecule has 5 rings (SSSR count). The molecule has 2 amide bonds. The van der Waals surface area contributed by atoms with Gasteiger partial charge in [0.25, 0.3) is 0 Å². The van der Waals surface area contributed by atoms with Crippen molar-refractivity contribution in [3.05, 3.63) is 75.8 Å². The number of anilines is 1. The Bertz CT molecular complexity index is 1170. The van der Waals surface area contributed by atoms with E-state index in [0.717, 1.165) is 10.9 Å². The van der Waals surface area contributed by atoms with Crippen LogP contribution in [0.15, 0.2) is 64.7 Å². The van der Waals surface area contributed by atoms with E-state index in [1.165, 1.54) is 22.6 Å². The summed E-state index contributed by atoms with van der Waals surface area (Å²) in [6.45, 7) is 1.66. The van der Waals surface area contributed by atoms with Crippen molar-refractivity contribution >= 4 is 45.2 Å². The number of carbonyl (C=O) groups is 4. The van der Waals surface area contributed by atoms with Gasteiger partial charge in [-0.3, -0.25) is 19.3 Å². The minimum atomic E-state index is -0.643. The van der Waals surface area contributed by atoms with Crippen molar-refractivity contribution in [1.29, 1.82) is 0 Å². The highest BCUT2D eigenvalue weighted by Crippen LogP contribution is 2.55. The molecule has 1 heterocycles. The number of fused-ring (bicyclic) bond motifs is 5. The van der Waals surface area contributed by atoms with Gasteiger partial charge in [0.1, 0.15) is 0 Å². The molecule has 0 aromatic heterocycles. The summed E-state index contributed by atoms with van der Waals surface area (Å²) in [6.07, 6.45) is 3.02. The topological polar surface area (TPSA) is 80.8 Å². The van der Waals surface area contributed by atoms with Gasteiger partial charge in [-0.1, -0.05) is 39.7 Å². The van der Waals surface area contributed by atoms with E-state index in [1.54, 1.807) is 36.4 Å². The molecule has 0 spiro atoms. The largest absolute Gasteiger partial charge is 0.454 e. The first-order valence-electron chi connectivity index (χ1n) is 10.5. The number of hydrogen-bond acceptors (Lipinski definition) is 5. The Balaban J connectivity index is 1.25. The number of esters is 1. The van der Waals surface area contributed by atoms with Crippen LogP contribution in [-0.2, 0) is 14.3 Å². The number of amides is 2. The lowest BCUT2D eigenvalue weighted by Gasteiger charge is -2.19. The molecule has 2 aromatic rings. The van der Waals surface area contributed by atoms with Crippen LogP contribution in [0.25, 0.3) is 0 Å². The third kappa shape index (κ3) is 3.32. The van der Waals surface area contributed by atoms with Crippen LogP contribution in [0, 0.1) is 23.7 Å². The monoisotopic (exact) mass is 493 g/mol. The van der Waals surface area contributed by atoms with Crippen LogP contribution in [0.2, 0.25) is 0 Å². The molecule has 1 saturated carbocycles. The van der Waals surface area contributed by atoms with Gasteiger partial charge in [0, 0.05) is 10.0 Å². The lowest BCUT2D eigenvalue weighted by Crippen LogP contribution is -2.32. The molecule has 7 heteroatoms. The predicted molar refractivity (Wildman–Crippen MR) is 120 cm³/mol. The maximum absolute atomic E-state index is 13.0. The normalized spacial score (nSPS) is 25.7. The Kier molecular flexibility index (Phi) is 5.08. The van der Waals surface area contributed by atoms with Gasteiger partial charge < -0.3 is 4.74 Å². The molecule has 2 aliphatic carbocycles. The van der Waals surface area contributed by atoms with Gasteiger partial charge in [0.05, 0.1) is 23.1 Å². The Hall–Kier alpha value is -3.06. The molecular formula is C25H20BrNO5. The highest BCUT2D eigenvalue weighted by Gasteiger charge is 2.60. The number of allylic oxidation sites excluding steroid dienone is 2. The number of imide groups is 1. The number of ketones is 1. The molecule has 1 saturated heterocycles. The van der Waals surface area contributed by atoms with E-state index in [4.69, 9.17) is 4.74 Å². The Labute approximate surface area is 193 Å². The quantitative estimate of drug-likeness (QED) is 0.270. The Morgan fingerprint density at radius 1 is 0.969 bits per heavy atom. The molecule has 2 bridgehead atoms. The third-order valence-corrected chi connectivity index (χ3v) is 7.27. The number of benzene rings is 2. The second kappa shape index (κ2) is 7.81. The highest BCUT2D eigenvalue weighted by atomic mass is 79.9. The molecule has 2 fully saturated rings. The summed E-state index contributed by atoms with van der Waals surface area (Å²) in [5, 5.41) is 0. The van der Waals surface area contributed by atoms with Crippen molar-refractivity contribution in [2.45, 2.75) is 13.3 Å². The van der Waals surface area contributed by atoms with E-state index in [1.807, 2.05) is 6.92 Å². The van der Waals surface area contributed by atoms with Crippen LogP contribution < -0.4 is 4.90 Å². The fraction of sp³-hybridized carbons (Fsp3) is 0.280. The summed E-state index contributed by atoms with van der Waals surface area (Å²) in [5.74, 6) is -1.51. The van der Waals surface area contributed by atoms with Crippen molar-refractivity contribution in [3.63, 3.8) is 0 Å². The first-order chi connectivity index (χ1) is 15.3. The molecule has 2 aromatic carbocycles. The van der Waals surface area contributed by atoms with E-state index in [-0.39, 0.29) is 53.4 Å². The minimum Gasteiger partial charge on any atom is -0.454 e. The maximum Gasteiger partial charge on any atom is 0.338 e. The number of hydrogen-bond donors (Lipinski definition) is 0. The zero-order valence-corrected chi connectivity index (χ0v) is 18.9. The number of nitrogens with zero attached hydrogens (tertiary/aromatic N) is 1. The molecule has 162 valence electrons. The molecule has 3 aliphatic rings. The number of halogens is 1. The van der Waals surface area contributed by atoms with Gasteiger partial charge in [0.2, 0.25) is 11.8 Å². The lowest BCUT2D eigenvalue weighted by molar-refractivity contribution is -0.123. The minimum absolute atomic E-state index is 0.143. The van der Waals surface area contributed by atoms with E-state index < -0.39 is 5.97 Å². The first kappa shape index (κ1) is 20.8. The highest BCUT2D eigenvalue weighted by molar-refractivity contribution is 9.10. The summed E-state index contributed by atoms with van der Waals surface area (Å²) in [6, 6.07) is 13.0. The first-order valence-corrected chi connectivity index (χ1v) is 11.3. The number of ether oxygens (including phenoxy) is 1. The fourth-order valence-corrected chi connectivity index (χ4v) is 5.47. The molecule has 0 unspecified atom stereocenters. The average molecular weight is 494 g/mol. The second-order valence-electron chi connectivity index (χ2n) is 8.53. The maximum atomic E-state index is 13.0. The van der Waals surface area contributed by atoms with Gasteiger partial charge in [0.15, 0.2) is 12.4 Å².